The van der Waals surface area contributed by atoms with Crippen LogP contribution in [0, 0.1) is 5.92 Å². The van der Waals surface area contributed by atoms with Crippen LogP contribution < -0.4 is 11.1 Å². The zero-order valence-corrected chi connectivity index (χ0v) is 10.6. The highest BCUT2D eigenvalue weighted by Gasteiger charge is 2.26. The molecule has 2 aliphatic rings. The van der Waals surface area contributed by atoms with E-state index in [1.165, 1.54) is 45.1 Å². The van der Waals surface area contributed by atoms with Crippen molar-refractivity contribution in [2.24, 2.45) is 11.7 Å². The van der Waals surface area contributed by atoms with Crippen LogP contribution in [0.2, 0.25) is 0 Å². The van der Waals surface area contributed by atoms with Gasteiger partial charge in [-0.2, -0.15) is 0 Å². The molecule has 3 N–H and O–H groups in total. The van der Waals surface area contributed by atoms with Crippen LogP contribution in [0.15, 0.2) is 0 Å². The van der Waals surface area contributed by atoms with Crippen molar-refractivity contribution in [2.45, 2.75) is 50.6 Å². The molecule has 0 aromatic rings. The summed E-state index contributed by atoms with van der Waals surface area (Å²) in [6, 6.07) is 1.45. The summed E-state index contributed by atoms with van der Waals surface area (Å²) in [4.78, 5) is 2.49. The number of rotatable bonds is 4. The molecule has 0 aromatic carbocycles. The largest absolute Gasteiger partial charge is 0.330 e. The Morgan fingerprint density at radius 1 is 1.19 bits per heavy atom. The normalized spacial score (nSPS) is 36.8. The minimum atomic E-state index is 0.688. The molecule has 1 aliphatic carbocycles. The Hall–Kier alpha value is -0.120. The molecule has 2 fully saturated rings. The number of likely N-dealkylation sites (tertiary alicyclic amines) is 1. The first-order valence-corrected chi connectivity index (χ1v) is 6.95. The molecule has 94 valence electrons. The molecule has 2 rings (SSSR count). The molecule has 1 saturated carbocycles. The third-order valence-corrected chi connectivity index (χ3v) is 4.50. The number of likely N-dealkylation sites (N-methyl/N-ethyl adjacent to an activating group) is 1. The highest BCUT2D eigenvalue weighted by molar-refractivity contribution is 4.85. The third-order valence-electron chi connectivity index (χ3n) is 4.50. The lowest BCUT2D eigenvalue weighted by Gasteiger charge is -2.33. The van der Waals surface area contributed by atoms with E-state index in [1.807, 2.05) is 0 Å². The van der Waals surface area contributed by atoms with Crippen LogP contribution in [0.3, 0.4) is 0 Å². The van der Waals surface area contributed by atoms with Gasteiger partial charge in [-0.3, -0.25) is 0 Å². The number of hydrogen-bond donors (Lipinski definition) is 2. The lowest BCUT2D eigenvalue weighted by Crippen LogP contribution is -2.46. The summed E-state index contributed by atoms with van der Waals surface area (Å²) in [6.07, 6.45) is 8.16. The van der Waals surface area contributed by atoms with Gasteiger partial charge in [-0.15, -0.1) is 0 Å². The molecule has 3 nitrogen and oxygen atoms in total. The first-order valence-electron chi connectivity index (χ1n) is 6.95. The molecule has 0 spiro atoms. The van der Waals surface area contributed by atoms with Crippen LogP contribution in [0.4, 0.5) is 0 Å². The second kappa shape index (κ2) is 5.99. The summed E-state index contributed by atoms with van der Waals surface area (Å²) in [7, 11) is 2.25. The van der Waals surface area contributed by atoms with Crippen molar-refractivity contribution in [3.05, 3.63) is 0 Å². The van der Waals surface area contributed by atoms with E-state index in [2.05, 4.69) is 17.3 Å². The average Bonchev–Trinajstić information content (AvgIpc) is 2.72. The van der Waals surface area contributed by atoms with Gasteiger partial charge in [0, 0.05) is 18.6 Å². The maximum Gasteiger partial charge on any atom is 0.0218 e. The summed E-state index contributed by atoms with van der Waals surface area (Å²) in [5, 5.41) is 3.77. The third kappa shape index (κ3) is 2.96. The van der Waals surface area contributed by atoms with E-state index >= 15 is 0 Å². The Morgan fingerprint density at radius 3 is 2.69 bits per heavy atom. The SMILES string of the molecule is CN1CCCC1CNC1CCCCC1CN. The first kappa shape index (κ1) is 12.3. The maximum absolute atomic E-state index is 5.85. The Kier molecular flexibility index (Phi) is 4.62. The fourth-order valence-corrected chi connectivity index (χ4v) is 3.28. The molecule has 16 heavy (non-hydrogen) atoms. The predicted octanol–water partition coefficient (Wildman–Crippen LogP) is 1.19. The molecule has 1 saturated heterocycles. The van der Waals surface area contributed by atoms with E-state index < -0.39 is 0 Å². The zero-order chi connectivity index (χ0) is 11.4. The summed E-state index contributed by atoms with van der Waals surface area (Å²) >= 11 is 0. The van der Waals surface area contributed by atoms with Crippen LogP contribution >= 0.6 is 0 Å². The molecule has 3 unspecified atom stereocenters. The fourth-order valence-electron chi connectivity index (χ4n) is 3.28. The number of nitrogens with zero attached hydrogens (tertiary/aromatic N) is 1. The summed E-state index contributed by atoms with van der Waals surface area (Å²) in [6.45, 7) is 3.30. The van der Waals surface area contributed by atoms with Gasteiger partial charge in [0.25, 0.3) is 0 Å². The van der Waals surface area contributed by atoms with Crippen LogP contribution in [0.5, 0.6) is 0 Å². The predicted molar refractivity (Wildman–Crippen MR) is 68.5 cm³/mol. The average molecular weight is 225 g/mol. The second-order valence-electron chi connectivity index (χ2n) is 5.57. The minimum absolute atomic E-state index is 0.688. The number of nitrogens with two attached hydrogens (primary N) is 1. The van der Waals surface area contributed by atoms with E-state index in [4.69, 9.17) is 5.73 Å². The standard InChI is InChI=1S/C13H27N3/c1-16-8-4-6-12(16)10-15-13-7-3-2-5-11(13)9-14/h11-13,15H,2-10,14H2,1H3. The molecule has 0 aromatic heterocycles. The molecular weight excluding hydrogens is 198 g/mol. The Morgan fingerprint density at radius 2 is 2.00 bits per heavy atom. The number of nitrogens with one attached hydrogen (secondary N) is 1. The monoisotopic (exact) mass is 225 g/mol. The van der Waals surface area contributed by atoms with E-state index in [0.717, 1.165) is 25.0 Å². The van der Waals surface area contributed by atoms with Crippen molar-refractivity contribution in [3.63, 3.8) is 0 Å². The van der Waals surface area contributed by atoms with Crippen LogP contribution in [-0.4, -0.2) is 43.7 Å². The fraction of sp³-hybridized carbons (Fsp3) is 1.00. The van der Waals surface area contributed by atoms with Crippen LogP contribution in [-0.2, 0) is 0 Å². The Balaban J connectivity index is 1.75. The van der Waals surface area contributed by atoms with Crippen molar-refractivity contribution in [2.75, 3.05) is 26.7 Å². The van der Waals surface area contributed by atoms with Crippen molar-refractivity contribution >= 4 is 0 Å². The molecule has 3 atom stereocenters. The molecule has 0 amide bonds. The van der Waals surface area contributed by atoms with Gasteiger partial charge >= 0.3 is 0 Å². The van der Waals surface area contributed by atoms with Crippen LogP contribution in [0.1, 0.15) is 38.5 Å². The van der Waals surface area contributed by atoms with Gasteiger partial charge in [0.15, 0.2) is 0 Å². The van der Waals surface area contributed by atoms with Gasteiger partial charge in [0.05, 0.1) is 0 Å². The molecular formula is C13H27N3. The van der Waals surface area contributed by atoms with Gasteiger partial charge in [-0.1, -0.05) is 12.8 Å². The Labute approximate surface area is 99.8 Å². The van der Waals surface area contributed by atoms with Crippen molar-refractivity contribution in [1.82, 2.24) is 10.2 Å². The van der Waals surface area contributed by atoms with Gasteiger partial charge in [-0.05, 0) is 51.7 Å². The summed E-state index contributed by atoms with van der Waals surface area (Å²) in [5.74, 6) is 0.723. The molecule has 1 aliphatic heterocycles. The highest BCUT2D eigenvalue weighted by atomic mass is 15.2. The van der Waals surface area contributed by atoms with E-state index in [0.29, 0.717) is 6.04 Å². The summed E-state index contributed by atoms with van der Waals surface area (Å²) in [5.41, 5.74) is 5.85. The zero-order valence-electron chi connectivity index (χ0n) is 10.6. The van der Waals surface area contributed by atoms with Crippen LogP contribution in [0.25, 0.3) is 0 Å². The van der Waals surface area contributed by atoms with E-state index in [-0.39, 0.29) is 0 Å². The summed E-state index contributed by atoms with van der Waals surface area (Å²) < 4.78 is 0. The highest BCUT2D eigenvalue weighted by Crippen LogP contribution is 2.24. The Bertz CT molecular complexity index is 207. The molecule has 0 radical (unpaired) electrons. The number of hydrogen-bond acceptors (Lipinski definition) is 3. The van der Waals surface area contributed by atoms with E-state index in [1.54, 1.807) is 0 Å². The maximum atomic E-state index is 5.85. The minimum Gasteiger partial charge on any atom is -0.330 e. The first-order chi connectivity index (χ1) is 7.81. The molecule has 1 heterocycles. The van der Waals surface area contributed by atoms with Gasteiger partial charge in [-0.25, -0.2) is 0 Å². The second-order valence-corrected chi connectivity index (χ2v) is 5.57. The van der Waals surface area contributed by atoms with Gasteiger partial charge < -0.3 is 16.0 Å². The van der Waals surface area contributed by atoms with Crippen molar-refractivity contribution < 1.29 is 0 Å². The van der Waals surface area contributed by atoms with Gasteiger partial charge in [0.1, 0.15) is 0 Å². The lowest BCUT2D eigenvalue weighted by molar-refractivity contribution is 0.235. The van der Waals surface area contributed by atoms with Crippen molar-refractivity contribution in [1.29, 1.82) is 0 Å². The quantitative estimate of drug-likeness (QED) is 0.755. The lowest BCUT2D eigenvalue weighted by atomic mass is 9.84. The van der Waals surface area contributed by atoms with Gasteiger partial charge in [0.2, 0.25) is 0 Å². The molecule has 3 heteroatoms. The molecule has 0 bridgehead atoms. The van der Waals surface area contributed by atoms with Crippen molar-refractivity contribution in [3.8, 4) is 0 Å². The van der Waals surface area contributed by atoms with E-state index in [9.17, 15) is 0 Å². The smallest absolute Gasteiger partial charge is 0.0218 e. The topological polar surface area (TPSA) is 41.3 Å².